The van der Waals surface area contributed by atoms with E-state index in [9.17, 15) is 13.2 Å². The van der Waals surface area contributed by atoms with Crippen molar-refractivity contribution >= 4 is 21.6 Å². The first kappa shape index (κ1) is 17.8. The van der Waals surface area contributed by atoms with E-state index in [1.54, 1.807) is 49.4 Å². The highest BCUT2D eigenvalue weighted by molar-refractivity contribution is 7.92. The number of carbonyl (C=O) groups excluding carboxylic acids is 1. The van der Waals surface area contributed by atoms with Crippen molar-refractivity contribution < 1.29 is 13.2 Å². The summed E-state index contributed by atoms with van der Waals surface area (Å²) in [7, 11) is -3.87. The molecule has 0 saturated heterocycles. The van der Waals surface area contributed by atoms with E-state index in [0.29, 0.717) is 12.1 Å². The molecule has 0 spiro atoms. The Bertz CT molecular complexity index is 1030. The molecule has 1 N–H and O–H groups in total. The average Bonchev–Trinajstić information content (AvgIpc) is 3.04. The normalized spacial score (nSPS) is 11.3. The zero-order valence-corrected chi connectivity index (χ0v) is 15.2. The fraction of sp³-hybridized carbons (Fsp3) is 0.167. The van der Waals surface area contributed by atoms with Crippen molar-refractivity contribution in [2.24, 2.45) is 0 Å². The second-order valence-corrected chi connectivity index (χ2v) is 7.40. The van der Waals surface area contributed by atoms with Gasteiger partial charge < -0.3 is 0 Å². The van der Waals surface area contributed by atoms with E-state index >= 15 is 0 Å². The van der Waals surface area contributed by atoms with Crippen molar-refractivity contribution in [2.75, 3.05) is 4.72 Å². The van der Waals surface area contributed by atoms with E-state index in [2.05, 4.69) is 15.0 Å². The topological polar surface area (TPSA) is 93.9 Å². The molecule has 0 unspecified atom stereocenters. The largest absolute Gasteiger partial charge is 0.287 e. The first-order valence-electron chi connectivity index (χ1n) is 8.05. The van der Waals surface area contributed by atoms with Gasteiger partial charge in [-0.05, 0) is 26.0 Å². The van der Waals surface area contributed by atoms with Crippen LogP contribution in [0.25, 0.3) is 0 Å². The van der Waals surface area contributed by atoms with Gasteiger partial charge in [-0.25, -0.2) is 13.1 Å². The van der Waals surface area contributed by atoms with E-state index in [1.807, 2.05) is 6.92 Å². The molecular formula is C18H18N4O3S. The number of sulfonamides is 1. The monoisotopic (exact) mass is 370 g/mol. The first-order chi connectivity index (χ1) is 12.4. The Morgan fingerprint density at radius 3 is 2.35 bits per heavy atom. The number of nitrogens with one attached hydrogen (secondary N) is 1. The highest BCUT2D eigenvalue weighted by atomic mass is 32.2. The molecule has 0 fully saturated rings. The molecule has 1 heterocycles. The Kier molecular flexibility index (Phi) is 4.85. The Hall–Kier alpha value is -3.00. The number of benzene rings is 2. The van der Waals surface area contributed by atoms with Crippen molar-refractivity contribution in [1.29, 1.82) is 0 Å². The lowest BCUT2D eigenvalue weighted by Gasteiger charge is -2.10. The summed E-state index contributed by atoms with van der Waals surface area (Å²) in [6, 6.07) is 15.0. The fourth-order valence-corrected chi connectivity index (χ4v) is 3.49. The van der Waals surface area contributed by atoms with Gasteiger partial charge in [0, 0.05) is 12.1 Å². The van der Waals surface area contributed by atoms with Gasteiger partial charge in [-0.3, -0.25) is 9.52 Å². The van der Waals surface area contributed by atoms with E-state index in [4.69, 9.17) is 0 Å². The average molecular weight is 370 g/mol. The highest BCUT2D eigenvalue weighted by Gasteiger charge is 2.25. The van der Waals surface area contributed by atoms with Crippen LogP contribution in [0.5, 0.6) is 0 Å². The Morgan fingerprint density at radius 1 is 1.08 bits per heavy atom. The Labute approximate surface area is 151 Å². The van der Waals surface area contributed by atoms with Gasteiger partial charge in [0.2, 0.25) is 5.78 Å². The lowest BCUT2D eigenvalue weighted by molar-refractivity contribution is 0.103. The van der Waals surface area contributed by atoms with Gasteiger partial charge in [0.15, 0.2) is 11.5 Å². The van der Waals surface area contributed by atoms with Crippen LogP contribution in [0.3, 0.4) is 0 Å². The predicted molar refractivity (Wildman–Crippen MR) is 97.6 cm³/mol. The minimum Gasteiger partial charge on any atom is -0.287 e. The third-order valence-corrected chi connectivity index (χ3v) is 5.20. The van der Waals surface area contributed by atoms with Crippen LogP contribution < -0.4 is 4.72 Å². The van der Waals surface area contributed by atoms with Gasteiger partial charge in [-0.2, -0.15) is 0 Å². The van der Waals surface area contributed by atoms with Gasteiger partial charge >= 0.3 is 0 Å². The van der Waals surface area contributed by atoms with E-state index in [0.717, 1.165) is 5.56 Å². The number of rotatable bonds is 6. The lowest BCUT2D eigenvalue weighted by Crippen LogP contribution is -2.18. The number of hydrogen-bond acceptors (Lipinski definition) is 5. The molecule has 26 heavy (non-hydrogen) atoms. The molecule has 0 bridgehead atoms. The van der Waals surface area contributed by atoms with Crippen LogP contribution in [0.4, 0.5) is 5.82 Å². The molecule has 0 radical (unpaired) electrons. The molecule has 3 rings (SSSR count). The summed E-state index contributed by atoms with van der Waals surface area (Å²) >= 11 is 0. The summed E-state index contributed by atoms with van der Waals surface area (Å²) < 4.78 is 29.2. The van der Waals surface area contributed by atoms with Crippen LogP contribution in [0, 0.1) is 6.92 Å². The third-order valence-electron chi connectivity index (χ3n) is 3.85. The number of aromatic nitrogens is 3. The van der Waals surface area contributed by atoms with Crippen LogP contribution in [-0.4, -0.2) is 29.2 Å². The molecule has 0 aliphatic rings. The molecular weight excluding hydrogens is 352 g/mol. The number of hydrogen-bond donors (Lipinski definition) is 1. The predicted octanol–water partition coefficient (Wildman–Crippen LogP) is 2.64. The zero-order chi connectivity index (χ0) is 18.7. The molecule has 1 aromatic heterocycles. The Morgan fingerprint density at radius 2 is 1.73 bits per heavy atom. The van der Waals surface area contributed by atoms with Crippen LogP contribution in [-0.2, 0) is 16.6 Å². The van der Waals surface area contributed by atoms with Crippen LogP contribution in [0.1, 0.15) is 28.5 Å². The number of anilines is 1. The molecule has 3 aromatic rings. The Balaban J connectivity index is 2.01. The molecule has 0 atom stereocenters. The van der Waals surface area contributed by atoms with Gasteiger partial charge in [0.1, 0.15) is 0 Å². The smallest absolute Gasteiger partial charge is 0.263 e. The number of nitrogens with zero attached hydrogens (tertiary/aromatic N) is 3. The summed E-state index contributed by atoms with van der Waals surface area (Å²) in [5.74, 6) is -0.339. The summed E-state index contributed by atoms with van der Waals surface area (Å²) in [5.41, 5.74) is 1.32. The molecule has 7 nitrogen and oxygen atoms in total. The zero-order valence-electron chi connectivity index (χ0n) is 14.4. The van der Waals surface area contributed by atoms with Gasteiger partial charge in [0.05, 0.1) is 4.90 Å². The second kappa shape index (κ2) is 7.09. The van der Waals surface area contributed by atoms with Gasteiger partial charge in [-0.1, -0.05) is 53.2 Å². The van der Waals surface area contributed by atoms with Crippen molar-refractivity contribution in [3.63, 3.8) is 0 Å². The van der Waals surface area contributed by atoms with E-state index < -0.39 is 15.8 Å². The van der Waals surface area contributed by atoms with Crippen molar-refractivity contribution in [1.82, 2.24) is 15.0 Å². The summed E-state index contributed by atoms with van der Waals surface area (Å²) in [6.07, 6.45) is 0. The molecule has 0 amide bonds. The van der Waals surface area contributed by atoms with Gasteiger partial charge in [-0.15, -0.1) is 5.10 Å². The maximum Gasteiger partial charge on any atom is 0.263 e. The standard InChI is InChI=1S/C18H18N4O3S/c1-3-22-18(20-26(24,25)15-11-9-13(2)10-12-15)16(19-21-22)17(23)14-7-5-4-6-8-14/h4-12,20H,3H2,1-2H3. The van der Waals surface area contributed by atoms with Gasteiger partial charge in [0.25, 0.3) is 10.0 Å². The maximum atomic E-state index is 12.7. The minimum absolute atomic E-state index is 0.0336. The van der Waals surface area contributed by atoms with Crippen molar-refractivity contribution in [2.45, 2.75) is 25.3 Å². The lowest BCUT2D eigenvalue weighted by atomic mass is 10.1. The van der Waals surface area contributed by atoms with Crippen molar-refractivity contribution in [3.8, 4) is 0 Å². The van der Waals surface area contributed by atoms with E-state index in [-0.39, 0.29) is 16.4 Å². The summed E-state index contributed by atoms with van der Waals surface area (Å²) in [4.78, 5) is 12.8. The van der Waals surface area contributed by atoms with E-state index in [1.165, 1.54) is 16.8 Å². The van der Waals surface area contributed by atoms with Crippen LogP contribution >= 0.6 is 0 Å². The van der Waals surface area contributed by atoms with Crippen LogP contribution in [0.2, 0.25) is 0 Å². The second-order valence-electron chi connectivity index (χ2n) is 5.72. The number of ketones is 1. The number of carbonyl (C=O) groups is 1. The minimum atomic E-state index is -3.87. The molecule has 0 aliphatic heterocycles. The fourth-order valence-electron chi connectivity index (χ4n) is 2.42. The quantitative estimate of drug-likeness (QED) is 0.673. The van der Waals surface area contributed by atoms with Crippen molar-refractivity contribution in [3.05, 3.63) is 71.4 Å². The maximum absolute atomic E-state index is 12.7. The number of aryl methyl sites for hydroxylation is 2. The molecule has 2 aromatic carbocycles. The first-order valence-corrected chi connectivity index (χ1v) is 9.53. The van der Waals surface area contributed by atoms with Crippen LogP contribution in [0.15, 0.2) is 59.5 Å². The molecule has 134 valence electrons. The molecule has 0 saturated carbocycles. The highest BCUT2D eigenvalue weighted by Crippen LogP contribution is 2.21. The SMILES string of the molecule is CCn1nnc(C(=O)c2ccccc2)c1NS(=O)(=O)c1ccc(C)cc1. The third kappa shape index (κ3) is 3.50. The summed E-state index contributed by atoms with van der Waals surface area (Å²) in [6.45, 7) is 4.02. The molecule has 8 heteroatoms. The molecule has 0 aliphatic carbocycles. The summed E-state index contributed by atoms with van der Waals surface area (Å²) in [5, 5.41) is 7.78.